The summed E-state index contributed by atoms with van der Waals surface area (Å²) in [6.45, 7) is 3.60. The third-order valence-electron chi connectivity index (χ3n) is 3.44. The van der Waals surface area contributed by atoms with Gasteiger partial charge in [0.15, 0.2) is 5.13 Å². The van der Waals surface area contributed by atoms with Gasteiger partial charge in [-0.2, -0.15) is 5.10 Å². The third-order valence-corrected chi connectivity index (χ3v) is 4.41. The fourth-order valence-corrected chi connectivity index (χ4v) is 3.01. The first-order valence-electron chi connectivity index (χ1n) is 7.50. The van der Waals surface area contributed by atoms with Gasteiger partial charge in [-0.3, -0.25) is 9.78 Å². The smallest absolute Gasteiger partial charge is 0.262 e. The van der Waals surface area contributed by atoms with Crippen LogP contribution in [-0.2, 0) is 4.79 Å². The van der Waals surface area contributed by atoms with Gasteiger partial charge in [0.1, 0.15) is 6.04 Å². The van der Waals surface area contributed by atoms with Crippen LogP contribution in [0.5, 0.6) is 0 Å². The van der Waals surface area contributed by atoms with Gasteiger partial charge in [0.25, 0.3) is 5.91 Å². The van der Waals surface area contributed by atoms with Gasteiger partial charge in [-0.15, -0.1) is 0 Å². The van der Waals surface area contributed by atoms with E-state index in [9.17, 15) is 4.79 Å². The number of hydrogen-bond acceptors (Lipinski definition) is 6. The van der Waals surface area contributed by atoms with E-state index in [0.29, 0.717) is 10.8 Å². The first-order chi connectivity index (χ1) is 11.6. The number of carbonyl (C=O) groups is 1. The lowest BCUT2D eigenvalue weighted by Gasteiger charge is -2.11. The number of amides is 1. The molecule has 0 saturated carbocycles. The number of carbonyl (C=O) groups excluding carboxylic acids is 1. The van der Waals surface area contributed by atoms with Crippen molar-refractivity contribution in [2.24, 2.45) is 5.10 Å². The molecule has 24 heavy (non-hydrogen) atoms. The van der Waals surface area contributed by atoms with Crippen molar-refractivity contribution in [2.75, 3.05) is 5.32 Å². The Hall–Kier alpha value is -2.80. The highest BCUT2D eigenvalue weighted by atomic mass is 32.1. The lowest BCUT2D eigenvalue weighted by atomic mass is 10.2. The number of aromatic nitrogens is 2. The topological polar surface area (TPSA) is 79.3 Å². The Labute approximate surface area is 143 Å². The quantitative estimate of drug-likeness (QED) is 0.553. The van der Waals surface area contributed by atoms with E-state index in [2.05, 4.69) is 25.8 Å². The molecule has 2 aromatic heterocycles. The Morgan fingerprint density at radius 2 is 2.08 bits per heavy atom. The van der Waals surface area contributed by atoms with Crippen molar-refractivity contribution in [3.8, 4) is 0 Å². The highest BCUT2D eigenvalue weighted by Crippen LogP contribution is 2.25. The lowest BCUT2D eigenvalue weighted by Crippen LogP contribution is -2.35. The summed E-state index contributed by atoms with van der Waals surface area (Å²) in [6, 6.07) is 11.1. The fourth-order valence-electron chi connectivity index (χ4n) is 2.06. The maximum atomic E-state index is 12.2. The van der Waals surface area contributed by atoms with Crippen LogP contribution in [0.15, 0.2) is 53.9 Å². The van der Waals surface area contributed by atoms with Crippen LogP contribution in [0.25, 0.3) is 10.2 Å². The van der Waals surface area contributed by atoms with Crippen molar-refractivity contribution in [3.63, 3.8) is 0 Å². The molecular weight excluding hydrogens is 322 g/mol. The minimum absolute atomic E-state index is 0.225. The summed E-state index contributed by atoms with van der Waals surface area (Å²) in [4.78, 5) is 20.7. The maximum absolute atomic E-state index is 12.2. The van der Waals surface area contributed by atoms with Crippen molar-refractivity contribution in [3.05, 3.63) is 54.4 Å². The summed E-state index contributed by atoms with van der Waals surface area (Å²) in [6.07, 6.45) is 3.40. The van der Waals surface area contributed by atoms with E-state index >= 15 is 0 Å². The average molecular weight is 339 g/mol. The Morgan fingerprint density at radius 3 is 2.83 bits per heavy atom. The van der Waals surface area contributed by atoms with Gasteiger partial charge in [-0.25, -0.2) is 10.4 Å². The predicted molar refractivity (Wildman–Crippen MR) is 97.3 cm³/mol. The summed E-state index contributed by atoms with van der Waals surface area (Å²) in [7, 11) is 0. The second-order valence-corrected chi connectivity index (χ2v) is 6.30. The van der Waals surface area contributed by atoms with Crippen molar-refractivity contribution in [1.82, 2.24) is 15.4 Å². The predicted octanol–water partition coefficient (Wildman–Crippen LogP) is 3.03. The molecule has 3 aromatic rings. The number of hydrogen-bond donors (Lipinski definition) is 2. The zero-order chi connectivity index (χ0) is 16.9. The number of nitrogens with zero attached hydrogens (tertiary/aromatic N) is 3. The van der Waals surface area contributed by atoms with Gasteiger partial charge < -0.3 is 5.32 Å². The molecule has 0 spiro atoms. The lowest BCUT2D eigenvalue weighted by molar-refractivity contribution is -0.121. The van der Waals surface area contributed by atoms with E-state index in [0.717, 1.165) is 15.8 Å². The summed E-state index contributed by atoms with van der Waals surface area (Å²) in [5.41, 5.74) is 5.05. The molecule has 1 atom stereocenters. The first kappa shape index (κ1) is 16.1. The second-order valence-electron chi connectivity index (χ2n) is 5.27. The largest absolute Gasteiger partial charge is 0.350 e. The molecule has 2 heterocycles. The van der Waals surface area contributed by atoms with Crippen molar-refractivity contribution in [1.29, 1.82) is 0 Å². The summed E-state index contributed by atoms with van der Waals surface area (Å²) < 4.78 is 1.08. The molecule has 0 aliphatic rings. The number of hydrazone groups is 1. The van der Waals surface area contributed by atoms with Crippen molar-refractivity contribution >= 4 is 38.3 Å². The van der Waals surface area contributed by atoms with Crippen LogP contribution in [0.1, 0.15) is 19.4 Å². The van der Waals surface area contributed by atoms with Crippen molar-refractivity contribution in [2.45, 2.75) is 19.9 Å². The van der Waals surface area contributed by atoms with E-state index in [1.807, 2.05) is 43.3 Å². The number of para-hydroxylation sites is 1. The van der Waals surface area contributed by atoms with Crippen LogP contribution < -0.4 is 10.7 Å². The monoisotopic (exact) mass is 339 g/mol. The standard InChI is InChI=1S/C17H17N5OS/c1-11(13-6-5-9-18-10-13)21-22-16(23)12(2)19-17-20-14-7-3-4-8-15(14)24-17/h3-10,12H,1-2H3,(H,19,20)(H,22,23)/b21-11-/t12-/m0/s1. The summed E-state index contributed by atoms with van der Waals surface area (Å²) in [5.74, 6) is -0.225. The molecule has 3 rings (SSSR count). The molecule has 6 nitrogen and oxygen atoms in total. The normalized spacial score (nSPS) is 12.8. The number of benzene rings is 1. The van der Waals surface area contributed by atoms with E-state index in [-0.39, 0.29) is 5.91 Å². The SMILES string of the molecule is C/C(=N/NC(=O)[C@H](C)Nc1nc2ccccc2s1)c1cccnc1. The van der Waals surface area contributed by atoms with Crippen LogP contribution in [0.4, 0.5) is 5.13 Å². The molecule has 0 bridgehead atoms. The number of anilines is 1. The highest BCUT2D eigenvalue weighted by molar-refractivity contribution is 7.22. The molecular formula is C17H17N5OS. The van der Waals surface area contributed by atoms with Crippen LogP contribution >= 0.6 is 11.3 Å². The first-order valence-corrected chi connectivity index (χ1v) is 8.32. The number of rotatable bonds is 5. The number of pyridine rings is 1. The van der Waals surface area contributed by atoms with E-state index in [1.165, 1.54) is 11.3 Å². The van der Waals surface area contributed by atoms with Crippen LogP contribution in [0.3, 0.4) is 0 Å². The molecule has 7 heteroatoms. The molecule has 0 fully saturated rings. The number of nitrogens with one attached hydrogen (secondary N) is 2. The molecule has 2 N–H and O–H groups in total. The minimum atomic E-state index is -0.448. The highest BCUT2D eigenvalue weighted by Gasteiger charge is 2.14. The van der Waals surface area contributed by atoms with Crippen LogP contribution in [0, 0.1) is 0 Å². The van der Waals surface area contributed by atoms with Gasteiger partial charge in [0.05, 0.1) is 15.9 Å². The fraction of sp³-hybridized carbons (Fsp3) is 0.176. The second kappa shape index (κ2) is 7.18. The number of thiazole rings is 1. The Morgan fingerprint density at radius 1 is 1.25 bits per heavy atom. The van der Waals surface area contributed by atoms with Crippen LogP contribution in [0.2, 0.25) is 0 Å². The Bertz CT molecular complexity index is 842. The summed E-state index contributed by atoms with van der Waals surface area (Å²) in [5, 5.41) is 7.94. The summed E-state index contributed by atoms with van der Waals surface area (Å²) >= 11 is 1.52. The van der Waals surface area contributed by atoms with Gasteiger partial charge in [0, 0.05) is 18.0 Å². The van der Waals surface area contributed by atoms with Crippen molar-refractivity contribution < 1.29 is 4.79 Å². The van der Waals surface area contributed by atoms with Gasteiger partial charge in [-0.1, -0.05) is 29.5 Å². The molecule has 0 radical (unpaired) electrons. The zero-order valence-electron chi connectivity index (χ0n) is 13.4. The Kier molecular flexibility index (Phi) is 4.81. The van der Waals surface area contributed by atoms with Crippen LogP contribution in [-0.4, -0.2) is 27.6 Å². The van der Waals surface area contributed by atoms with Gasteiger partial charge >= 0.3 is 0 Å². The Balaban J connectivity index is 1.62. The van der Waals surface area contributed by atoms with E-state index in [1.54, 1.807) is 19.3 Å². The molecule has 0 aliphatic heterocycles. The van der Waals surface area contributed by atoms with E-state index in [4.69, 9.17) is 0 Å². The number of fused-ring (bicyclic) bond motifs is 1. The molecule has 0 saturated heterocycles. The van der Waals surface area contributed by atoms with Gasteiger partial charge in [-0.05, 0) is 32.0 Å². The zero-order valence-corrected chi connectivity index (χ0v) is 14.2. The molecule has 0 unspecified atom stereocenters. The maximum Gasteiger partial charge on any atom is 0.262 e. The molecule has 1 aromatic carbocycles. The van der Waals surface area contributed by atoms with E-state index < -0.39 is 6.04 Å². The van der Waals surface area contributed by atoms with Gasteiger partial charge in [0.2, 0.25) is 0 Å². The molecule has 1 amide bonds. The molecule has 122 valence electrons. The average Bonchev–Trinajstić information content (AvgIpc) is 3.02. The molecule has 0 aliphatic carbocycles. The minimum Gasteiger partial charge on any atom is -0.350 e. The third kappa shape index (κ3) is 3.75.